The summed E-state index contributed by atoms with van der Waals surface area (Å²) in [6, 6.07) is 19.4. The summed E-state index contributed by atoms with van der Waals surface area (Å²) in [7, 11) is 0. The zero-order valence-electron chi connectivity index (χ0n) is 16.4. The number of nitro benzene ring substituents is 1. The summed E-state index contributed by atoms with van der Waals surface area (Å²) in [6.45, 7) is 0. The third kappa shape index (κ3) is 3.61. The van der Waals surface area contributed by atoms with E-state index >= 15 is 0 Å². The minimum absolute atomic E-state index is 0.0697. The maximum atomic E-state index is 12.6. The SMILES string of the molecule is O=C(CSc1nc2ccccc2c2nc3ccccc3n12)Nc1ccc([N+](=O)[O-])cc1Cl. The van der Waals surface area contributed by atoms with Crippen LogP contribution < -0.4 is 5.32 Å². The minimum Gasteiger partial charge on any atom is -0.324 e. The predicted octanol–water partition coefficient (Wildman–Crippen LogP) is 5.33. The Morgan fingerprint density at radius 2 is 1.81 bits per heavy atom. The highest BCUT2D eigenvalue weighted by atomic mass is 35.5. The zero-order chi connectivity index (χ0) is 22.2. The molecule has 3 aromatic carbocycles. The highest BCUT2D eigenvalue weighted by molar-refractivity contribution is 7.99. The first-order valence-electron chi connectivity index (χ1n) is 9.54. The van der Waals surface area contributed by atoms with Gasteiger partial charge >= 0.3 is 0 Å². The molecular weight excluding hydrogens is 450 g/mol. The van der Waals surface area contributed by atoms with Crippen LogP contribution in [0.2, 0.25) is 5.02 Å². The number of non-ortho nitro benzene ring substituents is 1. The predicted molar refractivity (Wildman–Crippen MR) is 125 cm³/mol. The van der Waals surface area contributed by atoms with E-state index < -0.39 is 4.92 Å². The molecule has 0 unspecified atom stereocenters. The highest BCUT2D eigenvalue weighted by Gasteiger charge is 2.16. The van der Waals surface area contributed by atoms with Gasteiger partial charge in [-0.2, -0.15) is 0 Å². The number of para-hydroxylation sites is 3. The molecule has 0 radical (unpaired) electrons. The van der Waals surface area contributed by atoms with Crippen molar-refractivity contribution in [2.24, 2.45) is 0 Å². The van der Waals surface area contributed by atoms with Crippen LogP contribution in [0.25, 0.3) is 27.6 Å². The molecule has 1 N–H and O–H groups in total. The maximum absolute atomic E-state index is 12.6. The number of hydrogen-bond acceptors (Lipinski definition) is 6. The van der Waals surface area contributed by atoms with Crippen molar-refractivity contribution in [1.29, 1.82) is 0 Å². The van der Waals surface area contributed by atoms with Crippen LogP contribution in [0.1, 0.15) is 0 Å². The molecule has 10 heteroatoms. The van der Waals surface area contributed by atoms with E-state index in [0.717, 1.165) is 27.6 Å². The molecule has 0 aliphatic heterocycles. The molecule has 158 valence electrons. The average Bonchev–Trinajstić information content (AvgIpc) is 3.19. The third-order valence-corrected chi connectivity index (χ3v) is 6.13. The van der Waals surface area contributed by atoms with E-state index in [-0.39, 0.29) is 22.4 Å². The van der Waals surface area contributed by atoms with E-state index in [0.29, 0.717) is 10.8 Å². The van der Waals surface area contributed by atoms with Gasteiger partial charge in [-0.05, 0) is 30.3 Å². The number of nitro groups is 1. The molecule has 32 heavy (non-hydrogen) atoms. The van der Waals surface area contributed by atoms with Crippen LogP contribution in [0.15, 0.2) is 71.9 Å². The number of nitrogens with zero attached hydrogens (tertiary/aromatic N) is 4. The van der Waals surface area contributed by atoms with E-state index in [4.69, 9.17) is 21.6 Å². The van der Waals surface area contributed by atoms with Gasteiger partial charge in [-0.3, -0.25) is 19.3 Å². The van der Waals surface area contributed by atoms with Crippen molar-refractivity contribution in [1.82, 2.24) is 14.4 Å². The molecule has 0 bridgehead atoms. The van der Waals surface area contributed by atoms with Crippen molar-refractivity contribution < 1.29 is 9.72 Å². The molecule has 5 aromatic rings. The van der Waals surface area contributed by atoms with E-state index in [1.807, 2.05) is 52.9 Å². The summed E-state index contributed by atoms with van der Waals surface area (Å²) >= 11 is 7.35. The van der Waals surface area contributed by atoms with Crippen LogP contribution in [-0.4, -0.2) is 31.0 Å². The van der Waals surface area contributed by atoms with Crippen molar-refractivity contribution >= 4 is 68.2 Å². The Balaban J connectivity index is 1.46. The normalized spacial score (nSPS) is 11.3. The first-order valence-corrected chi connectivity index (χ1v) is 10.9. The van der Waals surface area contributed by atoms with Gasteiger partial charge in [-0.15, -0.1) is 0 Å². The van der Waals surface area contributed by atoms with Gasteiger partial charge in [0.2, 0.25) is 5.91 Å². The molecule has 0 atom stereocenters. The summed E-state index contributed by atoms with van der Waals surface area (Å²) < 4.78 is 1.95. The lowest BCUT2D eigenvalue weighted by Gasteiger charge is -2.09. The molecule has 0 spiro atoms. The number of aromatic nitrogens is 3. The van der Waals surface area contributed by atoms with Crippen LogP contribution in [0.3, 0.4) is 0 Å². The lowest BCUT2D eigenvalue weighted by atomic mass is 10.2. The molecule has 8 nitrogen and oxygen atoms in total. The number of nitrogens with one attached hydrogen (secondary N) is 1. The van der Waals surface area contributed by atoms with Gasteiger partial charge in [0.25, 0.3) is 5.69 Å². The Bertz CT molecular complexity index is 1530. The number of carbonyl (C=O) groups is 1. The third-order valence-electron chi connectivity index (χ3n) is 4.88. The second-order valence-corrected chi connectivity index (χ2v) is 8.28. The first kappa shape index (κ1) is 20.2. The van der Waals surface area contributed by atoms with E-state index in [9.17, 15) is 14.9 Å². The van der Waals surface area contributed by atoms with E-state index in [1.165, 1.54) is 30.0 Å². The number of halogens is 1. The van der Waals surface area contributed by atoms with Gasteiger partial charge in [0.15, 0.2) is 5.16 Å². The van der Waals surface area contributed by atoms with Gasteiger partial charge < -0.3 is 5.32 Å². The van der Waals surface area contributed by atoms with Gasteiger partial charge in [0.1, 0.15) is 5.65 Å². The summed E-state index contributed by atoms with van der Waals surface area (Å²) in [5, 5.41) is 15.2. The maximum Gasteiger partial charge on any atom is 0.271 e. The number of imidazole rings is 1. The van der Waals surface area contributed by atoms with Crippen molar-refractivity contribution in [3.8, 4) is 0 Å². The fourth-order valence-corrected chi connectivity index (χ4v) is 4.48. The van der Waals surface area contributed by atoms with Crippen molar-refractivity contribution in [3.05, 3.63) is 81.9 Å². The van der Waals surface area contributed by atoms with E-state index in [1.54, 1.807) is 0 Å². The Hall–Kier alpha value is -3.69. The topological polar surface area (TPSA) is 102 Å². The standard InChI is InChI=1S/C22H14ClN5O3S/c23-15-11-13(28(30)31)9-10-17(15)24-20(29)12-32-22-26-16-6-2-1-5-14(16)21-25-18-7-3-4-8-19(18)27(21)22/h1-11H,12H2,(H,24,29). The number of carbonyl (C=O) groups excluding carboxylic acids is 1. The molecular formula is C22H14ClN5O3S. The molecule has 2 heterocycles. The van der Waals surface area contributed by atoms with Crippen LogP contribution in [0.5, 0.6) is 0 Å². The average molecular weight is 464 g/mol. The summed E-state index contributed by atoms with van der Waals surface area (Å²) in [5.74, 6) is -0.237. The number of fused-ring (bicyclic) bond motifs is 5. The zero-order valence-corrected chi connectivity index (χ0v) is 17.9. The molecule has 2 aromatic heterocycles. The number of thioether (sulfide) groups is 1. The second kappa shape index (κ2) is 8.10. The largest absolute Gasteiger partial charge is 0.324 e. The minimum atomic E-state index is -0.542. The highest BCUT2D eigenvalue weighted by Crippen LogP contribution is 2.30. The first-order chi connectivity index (χ1) is 15.5. The smallest absolute Gasteiger partial charge is 0.271 e. The molecule has 0 saturated heterocycles. The van der Waals surface area contributed by atoms with Crippen molar-refractivity contribution in [3.63, 3.8) is 0 Å². The lowest BCUT2D eigenvalue weighted by Crippen LogP contribution is -2.15. The second-order valence-electron chi connectivity index (χ2n) is 6.93. The van der Waals surface area contributed by atoms with Gasteiger partial charge in [0, 0.05) is 17.5 Å². The van der Waals surface area contributed by atoms with Crippen LogP contribution in [0.4, 0.5) is 11.4 Å². The van der Waals surface area contributed by atoms with Crippen molar-refractivity contribution in [2.45, 2.75) is 5.16 Å². The van der Waals surface area contributed by atoms with Gasteiger partial charge in [-0.25, -0.2) is 9.97 Å². The lowest BCUT2D eigenvalue weighted by molar-refractivity contribution is -0.384. The Morgan fingerprint density at radius 3 is 2.59 bits per heavy atom. The number of anilines is 1. The number of rotatable bonds is 5. The summed E-state index contributed by atoms with van der Waals surface area (Å²) in [6.07, 6.45) is 0. The number of benzene rings is 3. The fraction of sp³-hybridized carbons (Fsp3) is 0.0455. The van der Waals surface area contributed by atoms with Crippen LogP contribution in [-0.2, 0) is 4.79 Å². The fourth-order valence-electron chi connectivity index (χ4n) is 3.45. The Labute approximate surface area is 190 Å². The van der Waals surface area contributed by atoms with Gasteiger partial charge in [-0.1, -0.05) is 47.6 Å². The van der Waals surface area contributed by atoms with E-state index in [2.05, 4.69) is 5.32 Å². The Morgan fingerprint density at radius 1 is 1.06 bits per heavy atom. The number of amides is 1. The monoisotopic (exact) mass is 463 g/mol. The summed E-state index contributed by atoms with van der Waals surface area (Å²) in [4.78, 5) is 32.4. The molecule has 5 rings (SSSR count). The molecule has 1 amide bonds. The quantitative estimate of drug-likeness (QED) is 0.163. The van der Waals surface area contributed by atoms with Gasteiger partial charge in [0.05, 0.1) is 37.9 Å². The molecule has 0 saturated carbocycles. The molecule has 0 aliphatic rings. The summed E-state index contributed by atoms with van der Waals surface area (Å²) in [5.41, 5.74) is 3.48. The van der Waals surface area contributed by atoms with Crippen LogP contribution in [0, 0.1) is 10.1 Å². The van der Waals surface area contributed by atoms with Crippen LogP contribution >= 0.6 is 23.4 Å². The van der Waals surface area contributed by atoms with Crippen molar-refractivity contribution in [2.75, 3.05) is 11.1 Å². The molecule has 0 aliphatic carbocycles. The number of hydrogen-bond donors (Lipinski definition) is 1. The molecule has 0 fully saturated rings. The Kier molecular flexibility index (Phi) is 5.12.